The summed E-state index contributed by atoms with van der Waals surface area (Å²) in [7, 11) is 0. The van der Waals surface area contributed by atoms with Crippen molar-refractivity contribution in [3.05, 3.63) is 48.3 Å². The maximum atomic E-state index is 14.0. The topological polar surface area (TPSA) is 103 Å². The van der Waals surface area contributed by atoms with E-state index in [2.05, 4.69) is 15.6 Å². The van der Waals surface area contributed by atoms with Crippen LogP contribution in [0.5, 0.6) is 0 Å². The van der Waals surface area contributed by atoms with Crippen molar-refractivity contribution in [2.24, 2.45) is 0 Å². The smallest absolute Gasteiger partial charge is 0.405 e. The second-order valence-corrected chi connectivity index (χ2v) is 4.84. The zero-order valence-electron chi connectivity index (χ0n) is 12.5. The van der Waals surface area contributed by atoms with Gasteiger partial charge in [-0.1, -0.05) is 6.07 Å². The summed E-state index contributed by atoms with van der Waals surface area (Å²) in [6.07, 6.45) is 0.961. The van der Waals surface area contributed by atoms with Crippen molar-refractivity contribution in [1.82, 2.24) is 10.3 Å². The third-order valence-corrected chi connectivity index (χ3v) is 2.98. The van der Waals surface area contributed by atoms with E-state index < -0.39 is 29.7 Å². The normalized spacial score (nSPS) is 11.5. The first kappa shape index (κ1) is 17.1. The van der Waals surface area contributed by atoms with Crippen LogP contribution in [0.1, 0.15) is 6.92 Å². The third-order valence-electron chi connectivity index (χ3n) is 2.98. The Labute approximate surface area is 135 Å². The van der Waals surface area contributed by atoms with E-state index in [1.807, 2.05) is 5.32 Å². The molecule has 7 nitrogen and oxygen atoms in total. The zero-order chi connectivity index (χ0) is 17.7. The molecule has 0 bridgehead atoms. The molecule has 9 heteroatoms. The highest BCUT2D eigenvalue weighted by atomic mass is 19.1. The predicted octanol–water partition coefficient (Wildman–Crippen LogP) is 2.70. The first-order valence-corrected chi connectivity index (χ1v) is 6.83. The van der Waals surface area contributed by atoms with Gasteiger partial charge in [0, 0.05) is 6.07 Å². The molecular weight excluding hydrogens is 322 g/mol. The molecule has 0 fully saturated rings. The number of rotatable bonds is 5. The summed E-state index contributed by atoms with van der Waals surface area (Å²) in [6.45, 7) is 1.31. The molecule has 2 amide bonds. The van der Waals surface area contributed by atoms with E-state index in [0.717, 1.165) is 18.3 Å². The number of anilines is 3. The van der Waals surface area contributed by atoms with E-state index in [1.165, 1.54) is 25.3 Å². The Hall–Kier alpha value is -3.23. The zero-order valence-corrected chi connectivity index (χ0v) is 12.5. The van der Waals surface area contributed by atoms with Gasteiger partial charge in [-0.3, -0.25) is 9.78 Å². The molecule has 24 heavy (non-hydrogen) atoms. The van der Waals surface area contributed by atoms with Gasteiger partial charge in [0.1, 0.15) is 23.4 Å². The van der Waals surface area contributed by atoms with E-state index >= 15 is 0 Å². The number of amides is 2. The fourth-order valence-electron chi connectivity index (χ4n) is 1.87. The number of benzene rings is 1. The summed E-state index contributed by atoms with van der Waals surface area (Å²) in [5, 5.41) is 15.6. The molecule has 126 valence electrons. The van der Waals surface area contributed by atoms with Gasteiger partial charge >= 0.3 is 6.09 Å². The van der Waals surface area contributed by atoms with Gasteiger partial charge in [0.2, 0.25) is 5.91 Å². The highest BCUT2D eigenvalue weighted by Gasteiger charge is 2.18. The molecule has 0 saturated carbocycles. The van der Waals surface area contributed by atoms with Crippen LogP contribution in [0.3, 0.4) is 0 Å². The van der Waals surface area contributed by atoms with Crippen molar-refractivity contribution in [2.45, 2.75) is 13.0 Å². The Balaban J connectivity index is 2.23. The molecule has 0 spiro atoms. The average molecular weight is 336 g/mol. The van der Waals surface area contributed by atoms with Crippen molar-refractivity contribution in [2.75, 3.05) is 10.6 Å². The number of halogens is 2. The number of nitrogens with one attached hydrogen (secondary N) is 3. The number of hydrogen-bond donors (Lipinski definition) is 4. The van der Waals surface area contributed by atoms with Gasteiger partial charge in [0.25, 0.3) is 0 Å². The van der Waals surface area contributed by atoms with E-state index in [1.54, 1.807) is 0 Å². The second kappa shape index (κ2) is 7.36. The molecular formula is C15H14F2N4O3. The molecule has 1 aromatic heterocycles. The lowest BCUT2D eigenvalue weighted by molar-refractivity contribution is -0.117. The average Bonchev–Trinajstić information content (AvgIpc) is 2.50. The first-order valence-electron chi connectivity index (χ1n) is 6.83. The third kappa shape index (κ3) is 4.38. The number of carbonyl (C=O) groups excluding carboxylic acids is 1. The summed E-state index contributed by atoms with van der Waals surface area (Å²) in [5.41, 5.74) is 0.233. The van der Waals surface area contributed by atoms with Crippen LogP contribution in [0.25, 0.3) is 0 Å². The van der Waals surface area contributed by atoms with Crippen LogP contribution < -0.4 is 16.0 Å². The Kier molecular flexibility index (Phi) is 5.25. The Bertz CT molecular complexity index is 770. The standard InChI is InChI=1S/C15H14F2N4O3/c1-8(19-15(23)24)14(22)21-13-11(17)3-2-4-12(13)20-10-5-9(16)6-18-7-10/h2-8,19-20H,1H3,(H,21,22)(H,23,24). The van der Waals surface area contributed by atoms with E-state index in [4.69, 9.17) is 5.11 Å². The van der Waals surface area contributed by atoms with Crippen LogP contribution in [-0.2, 0) is 4.79 Å². The molecule has 2 aromatic rings. The van der Waals surface area contributed by atoms with Crippen LogP contribution in [0, 0.1) is 11.6 Å². The molecule has 1 atom stereocenters. The van der Waals surface area contributed by atoms with E-state index in [9.17, 15) is 18.4 Å². The van der Waals surface area contributed by atoms with Gasteiger partial charge in [-0.2, -0.15) is 0 Å². The highest BCUT2D eigenvalue weighted by molar-refractivity contribution is 5.99. The maximum Gasteiger partial charge on any atom is 0.405 e. The van der Waals surface area contributed by atoms with Crippen molar-refractivity contribution in [1.29, 1.82) is 0 Å². The molecule has 0 radical (unpaired) electrons. The number of nitrogens with zero attached hydrogens (tertiary/aromatic N) is 1. The second-order valence-electron chi connectivity index (χ2n) is 4.84. The van der Waals surface area contributed by atoms with Crippen molar-refractivity contribution < 1.29 is 23.5 Å². The summed E-state index contributed by atoms with van der Waals surface area (Å²) >= 11 is 0. The van der Waals surface area contributed by atoms with Gasteiger partial charge in [-0.25, -0.2) is 13.6 Å². The Morgan fingerprint density at radius 2 is 2.00 bits per heavy atom. The van der Waals surface area contributed by atoms with E-state index in [-0.39, 0.29) is 17.1 Å². The van der Waals surface area contributed by atoms with Gasteiger partial charge in [-0.05, 0) is 19.1 Å². The lowest BCUT2D eigenvalue weighted by Crippen LogP contribution is -2.41. The van der Waals surface area contributed by atoms with Gasteiger partial charge in [0.05, 0.1) is 23.8 Å². The number of pyridine rings is 1. The SMILES string of the molecule is CC(NC(=O)O)C(=O)Nc1c(F)cccc1Nc1cncc(F)c1. The van der Waals surface area contributed by atoms with Crippen molar-refractivity contribution in [3.8, 4) is 0 Å². The molecule has 0 saturated heterocycles. The fraction of sp³-hybridized carbons (Fsp3) is 0.133. The maximum absolute atomic E-state index is 14.0. The molecule has 0 aliphatic rings. The number of carboxylic acid groups (broad SMARTS) is 1. The Morgan fingerprint density at radius 3 is 2.67 bits per heavy atom. The molecule has 1 unspecified atom stereocenters. The minimum Gasteiger partial charge on any atom is -0.465 e. The van der Waals surface area contributed by atoms with Crippen LogP contribution in [-0.4, -0.2) is 28.1 Å². The summed E-state index contributed by atoms with van der Waals surface area (Å²) in [6, 6.07) is 4.06. The molecule has 2 rings (SSSR count). The molecule has 1 aromatic carbocycles. The van der Waals surface area contributed by atoms with Crippen LogP contribution in [0.2, 0.25) is 0 Å². The lowest BCUT2D eigenvalue weighted by atomic mass is 10.2. The first-order chi connectivity index (χ1) is 11.4. The Morgan fingerprint density at radius 1 is 1.25 bits per heavy atom. The minimum absolute atomic E-state index is 0.165. The number of carbonyl (C=O) groups is 2. The molecule has 4 N–H and O–H groups in total. The largest absolute Gasteiger partial charge is 0.465 e. The van der Waals surface area contributed by atoms with Gasteiger partial charge in [0.15, 0.2) is 0 Å². The minimum atomic E-state index is -1.38. The van der Waals surface area contributed by atoms with Crippen molar-refractivity contribution in [3.63, 3.8) is 0 Å². The van der Waals surface area contributed by atoms with Gasteiger partial charge < -0.3 is 21.1 Å². The molecule has 0 aliphatic carbocycles. The monoisotopic (exact) mass is 336 g/mol. The summed E-state index contributed by atoms with van der Waals surface area (Å²) < 4.78 is 27.2. The molecule has 0 aliphatic heterocycles. The highest BCUT2D eigenvalue weighted by Crippen LogP contribution is 2.28. The van der Waals surface area contributed by atoms with Crippen LogP contribution in [0.15, 0.2) is 36.7 Å². The van der Waals surface area contributed by atoms with Crippen molar-refractivity contribution >= 4 is 29.1 Å². The quantitative estimate of drug-likeness (QED) is 0.672. The van der Waals surface area contributed by atoms with Crippen LogP contribution in [0.4, 0.5) is 30.6 Å². The molecule has 1 heterocycles. The van der Waals surface area contributed by atoms with Gasteiger partial charge in [-0.15, -0.1) is 0 Å². The lowest BCUT2D eigenvalue weighted by Gasteiger charge is -2.16. The number of hydrogen-bond acceptors (Lipinski definition) is 4. The van der Waals surface area contributed by atoms with Crippen LogP contribution >= 0.6 is 0 Å². The predicted molar refractivity (Wildman–Crippen MR) is 83.1 cm³/mol. The summed E-state index contributed by atoms with van der Waals surface area (Å²) in [5.74, 6) is -2.07. The number of aromatic nitrogens is 1. The summed E-state index contributed by atoms with van der Waals surface area (Å²) in [4.78, 5) is 26.2. The van der Waals surface area contributed by atoms with E-state index in [0.29, 0.717) is 0 Å². The fourth-order valence-corrected chi connectivity index (χ4v) is 1.87. The number of para-hydroxylation sites is 1.